The Balaban J connectivity index is 1.64. The molecule has 0 saturated carbocycles. The number of amides is 1. The first kappa shape index (κ1) is 30.6. The van der Waals surface area contributed by atoms with Crippen molar-refractivity contribution in [1.29, 1.82) is 0 Å². The zero-order chi connectivity index (χ0) is 30.2. The Labute approximate surface area is 252 Å². The highest BCUT2D eigenvalue weighted by atomic mass is 35.5. The van der Waals surface area contributed by atoms with Crippen LogP contribution in [-0.2, 0) is 27.2 Å². The molecule has 0 unspecified atom stereocenters. The quantitative estimate of drug-likeness (QED) is 0.124. The second-order valence-electron chi connectivity index (χ2n) is 9.39. The van der Waals surface area contributed by atoms with Crippen molar-refractivity contribution in [3.63, 3.8) is 0 Å². The molecule has 1 atom stereocenters. The van der Waals surface area contributed by atoms with Gasteiger partial charge in [0, 0.05) is 22.8 Å². The van der Waals surface area contributed by atoms with E-state index >= 15 is 0 Å². The summed E-state index contributed by atoms with van der Waals surface area (Å²) in [6.07, 6.45) is 2.87. The molecule has 42 heavy (non-hydrogen) atoms. The number of hydrogen-bond acceptors (Lipinski definition) is 6. The van der Waals surface area contributed by atoms with Crippen LogP contribution in [-0.4, -0.2) is 35.0 Å². The third-order valence-electron chi connectivity index (χ3n) is 6.48. The zero-order valence-corrected chi connectivity index (χ0v) is 24.2. The van der Waals surface area contributed by atoms with Gasteiger partial charge in [0.25, 0.3) is 0 Å². The zero-order valence-electron chi connectivity index (χ0n) is 22.7. The molecule has 1 aromatic heterocycles. The number of rotatable bonds is 10. The molecule has 10 heteroatoms. The fourth-order valence-corrected chi connectivity index (χ4v) is 4.67. The molecule has 0 radical (unpaired) electrons. The van der Waals surface area contributed by atoms with Crippen molar-refractivity contribution in [2.24, 2.45) is 0 Å². The Bertz CT molecular complexity index is 1640. The molecule has 3 aromatic carbocycles. The van der Waals surface area contributed by atoms with Crippen LogP contribution in [0.4, 0.5) is 4.39 Å². The first-order chi connectivity index (χ1) is 20.2. The molecular formula is C32H26Cl2FN3O4. The summed E-state index contributed by atoms with van der Waals surface area (Å²) < 4.78 is 19.4. The van der Waals surface area contributed by atoms with Gasteiger partial charge in [-0.05, 0) is 54.3 Å². The van der Waals surface area contributed by atoms with Gasteiger partial charge in [0.2, 0.25) is 5.91 Å². The molecule has 7 nitrogen and oxygen atoms in total. The average molecular weight is 606 g/mol. The minimum Gasteiger partial charge on any atom is -0.469 e. The fraction of sp³-hybridized carbons (Fsp3) is 0.156. The van der Waals surface area contributed by atoms with Crippen LogP contribution in [0.25, 0.3) is 17.2 Å². The lowest BCUT2D eigenvalue weighted by atomic mass is 9.99. The van der Waals surface area contributed by atoms with Crippen LogP contribution < -0.4 is 5.32 Å². The van der Waals surface area contributed by atoms with E-state index in [0.717, 1.165) is 22.8 Å². The number of halogens is 3. The predicted molar refractivity (Wildman–Crippen MR) is 160 cm³/mol. The second-order valence-corrected chi connectivity index (χ2v) is 10.2. The third-order valence-corrected chi connectivity index (χ3v) is 7.05. The van der Waals surface area contributed by atoms with E-state index < -0.39 is 17.8 Å². The summed E-state index contributed by atoms with van der Waals surface area (Å²) in [5.74, 6) is -2.05. The molecule has 0 saturated heterocycles. The van der Waals surface area contributed by atoms with E-state index in [-0.39, 0.29) is 39.5 Å². The Morgan fingerprint density at radius 1 is 0.976 bits per heavy atom. The Morgan fingerprint density at radius 2 is 1.69 bits per heavy atom. The van der Waals surface area contributed by atoms with Gasteiger partial charge in [-0.3, -0.25) is 14.4 Å². The minimum absolute atomic E-state index is 0.0750. The SMILES string of the molecule is COC(=O)Cc1ccc(-c2cc([C@H](Cc3ccccc3)NC(=O)/C=C/c3c(C(C)=O)ccc(Cl)c3F)nnc2Cl)cc1. The van der Waals surface area contributed by atoms with Crippen molar-refractivity contribution in [3.8, 4) is 11.1 Å². The summed E-state index contributed by atoms with van der Waals surface area (Å²) in [7, 11) is 1.33. The molecule has 0 spiro atoms. The predicted octanol–water partition coefficient (Wildman–Crippen LogP) is 6.62. The molecule has 1 N–H and O–H groups in total. The Morgan fingerprint density at radius 3 is 2.36 bits per heavy atom. The fourth-order valence-electron chi connectivity index (χ4n) is 4.30. The average Bonchev–Trinajstić information content (AvgIpc) is 2.98. The normalized spacial score (nSPS) is 11.7. The van der Waals surface area contributed by atoms with E-state index in [1.165, 1.54) is 32.2 Å². The highest BCUT2D eigenvalue weighted by Crippen LogP contribution is 2.29. The van der Waals surface area contributed by atoms with Gasteiger partial charge >= 0.3 is 5.97 Å². The number of esters is 1. The minimum atomic E-state index is -0.792. The molecule has 0 aliphatic carbocycles. The number of hydrogen-bond donors (Lipinski definition) is 1. The lowest BCUT2D eigenvalue weighted by Gasteiger charge is -2.18. The van der Waals surface area contributed by atoms with E-state index in [1.54, 1.807) is 18.2 Å². The first-order valence-electron chi connectivity index (χ1n) is 12.9. The molecule has 0 aliphatic rings. The van der Waals surface area contributed by atoms with Crippen molar-refractivity contribution in [1.82, 2.24) is 15.5 Å². The standard InChI is InChI=1S/C32H26Cl2FN3O4/c1-19(39)23-12-14-26(33)31(35)24(23)13-15-29(40)36-27(16-20-6-4-3-5-7-20)28-18-25(32(34)38-37-28)22-10-8-21(9-11-22)17-30(41)42-2/h3-15,18,27H,16-17H2,1-2H3,(H,36,40)/b15-13+/t27-/m0/s1. The number of Topliss-reactive ketones (excluding diaryl/α,β-unsaturated/α-hetero) is 1. The lowest BCUT2D eigenvalue weighted by Crippen LogP contribution is -2.29. The number of ether oxygens (including phenoxy) is 1. The summed E-state index contributed by atoms with van der Waals surface area (Å²) in [5, 5.41) is 11.3. The summed E-state index contributed by atoms with van der Waals surface area (Å²) >= 11 is 12.3. The van der Waals surface area contributed by atoms with Gasteiger partial charge < -0.3 is 10.1 Å². The summed E-state index contributed by atoms with van der Waals surface area (Å²) in [6, 6.07) is 20.5. The van der Waals surface area contributed by atoms with Crippen molar-refractivity contribution in [3.05, 3.63) is 123 Å². The van der Waals surface area contributed by atoms with Gasteiger partial charge in [-0.2, -0.15) is 5.10 Å². The Kier molecular flexibility index (Phi) is 10.2. The van der Waals surface area contributed by atoms with Gasteiger partial charge in [0.1, 0.15) is 5.82 Å². The number of ketones is 1. The first-order valence-corrected chi connectivity index (χ1v) is 13.6. The lowest BCUT2D eigenvalue weighted by molar-refractivity contribution is -0.139. The van der Waals surface area contributed by atoms with Gasteiger partial charge in [-0.25, -0.2) is 4.39 Å². The van der Waals surface area contributed by atoms with E-state index in [4.69, 9.17) is 27.9 Å². The van der Waals surface area contributed by atoms with Crippen molar-refractivity contribution >= 4 is 46.9 Å². The molecule has 4 aromatic rings. The number of nitrogens with zero attached hydrogens (tertiary/aromatic N) is 2. The highest BCUT2D eigenvalue weighted by molar-refractivity contribution is 6.32. The number of carbonyl (C=O) groups excluding carboxylic acids is 3. The molecule has 214 valence electrons. The Hall–Kier alpha value is -4.40. The van der Waals surface area contributed by atoms with Crippen LogP contribution in [0.1, 0.15) is 45.7 Å². The number of aromatic nitrogens is 2. The van der Waals surface area contributed by atoms with Crippen LogP contribution in [0.3, 0.4) is 0 Å². The molecule has 0 bridgehead atoms. The topological polar surface area (TPSA) is 98.2 Å². The maximum atomic E-state index is 14.7. The van der Waals surface area contributed by atoms with Gasteiger partial charge in [-0.15, -0.1) is 5.10 Å². The third kappa shape index (κ3) is 7.66. The van der Waals surface area contributed by atoms with Gasteiger partial charge in [-0.1, -0.05) is 77.8 Å². The van der Waals surface area contributed by atoms with E-state index in [1.807, 2.05) is 42.5 Å². The number of carbonyl (C=O) groups is 3. The number of benzene rings is 3. The molecule has 0 aliphatic heterocycles. The number of methoxy groups -OCH3 is 1. The van der Waals surface area contributed by atoms with Crippen molar-refractivity contribution in [2.75, 3.05) is 7.11 Å². The maximum absolute atomic E-state index is 14.7. The van der Waals surface area contributed by atoms with E-state index in [2.05, 4.69) is 15.5 Å². The van der Waals surface area contributed by atoms with Crippen LogP contribution in [0.2, 0.25) is 10.2 Å². The van der Waals surface area contributed by atoms with Crippen molar-refractivity contribution in [2.45, 2.75) is 25.8 Å². The summed E-state index contributed by atoms with van der Waals surface area (Å²) in [6.45, 7) is 1.31. The summed E-state index contributed by atoms with van der Waals surface area (Å²) in [5.41, 5.74) is 3.49. The van der Waals surface area contributed by atoms with E-state index in [9.17, 15) is 18.8 Å². The second kappa shape index (κ2) is 14.0. The highest BCUT2D eigenvalue weighted by Gasteiger charge is 2.20. The molecule has 0 fully saturated rings. The van der Waals surface area contributed by atoms with Crippen LogP contribution in [0.5, 0.6) is 0 Å². The smallest absolute Gasteiger partial charge is 0.309 e. The largest absolute Gasteiger partial charge is 0.469 e. The van der Waals surface area contributed by atoms with E-state index in [0.29, 0.717) is 17.7 Å². The molecule has 4 rings (SSSR count). The molecule has 1 heterocycles. The van der Waals surface area contributed by atoms with Crippen molar-refractivity contribution < 1.29 is 23.5 Å². The summed E-state index contributed by atoms with van der Waals surface area (Å²) in [4.78, 5) is 36.7. The van der Waals surface area contributed by atoms with Gasteiger partial charge in [0.15, 0.2) is 10.9 Å². The van der Waals surface area contributed by atoms with Crippen LogP contribution in [0, 0.1) is 5.82 Å². The number of nitrogens with one attached hydrogen (secondary N) is 1. The van der Waals surface area contributed by atoms with Crippen LogP contribution >= 0.6 is 23.2 Å². The van der Waals surface area contributed by atoms with Gasteiger partial charge in [0.05, 0.1) is 30.3 Å². The van der Waals surface area contributed by atoms with Crippen LogP contribution in [0.15, 0.2) is 78.9 Å². The monoisotopic (exact) mass is 605 g/mol. The molecule has 1 amide bonds. The molecular weight excluding hydrogens is 580 g/mol. The maximum Gasteiger partial charge on any atom is 0.309 e.